The van der Waals surface area contributed by atoms with E-state index in [2.05, 4.69) is 0 Å². The third-order valence-corrected chi connectivity index (χ3v) is 5.16. The molecule has 0 amide bonds. The van der Waals surface area contributed by atoms with Gasteiger partial charge in [-0.25, -0.2) is 0 Å². The summed E-state index contributed by atoms with van der Waals surface area (Å²) in [6.45, 7) is 2.42. The average molecular weight is 233 g/mol. The van der Waals surface area contributed by atoms with Crippen molar-refractivity contribution in [3.8, 4) is 0 Å². The molecule has 0 spiro atoms. The third-order valence-electron chi connectivity index (χ3n) is 3.16. The first-order chi connectivity index (χ1) is 7.10. The molecule has 88 valence electrons. The van der Waals surface area contributed by atoms with E-state index in [-0.39, 0.29) is 6.04 Å². The molecule has 0 aromatic rings. The normalized spacial score (nSPS) is 30.9. The van der Waals surface area contributed by atoms with E-state index in [0.717, 1.165) is 25.7 Å². The first-order valence-corrected chi connectivity index (χ1v) is 7.01. The molecule has 2 heterocycles. The second kappa shape index (κ2) is 4.37. The molecule has 0 saturated carbocycles. The standard InChI is InChI=1S/C9H19N3O2S/c10-9-4-7-12(8-9)15(13,14)11-5-2-1-3-6-11/h9H,1-8,10H2. The van der Waals surface area contributed by atoms with Crippen molar-refractivity contribution in [2.45, 2.75) is 31.7 Å². The molecule has 0 radical (unpaired) electrons. The highest BCUT2D eigenvalue weighted by Gasteiger charge is 2.34. The molecule has 0 bridgehead atoms. The second-order valence-electron chi connectivity index (χ2n) is 4.37. The van der Waals surface area contributed by atoms with E-state index >= 15 is 0 Å². The maximum Gasteiger partial charge on any atom is 0.282 e. The highest BCUT2D eigenvalue weighted by Crippen LogP contribution is 2.19. The van der Waals surface area contributed by atoms with Gasteiger partial charge in [-0.05, 0) is 19.3 Å². The summed E-state index contributed by atoms with van der Waals surface area (Å²) in [5.41, 5.74) is 5.73. The van der Waals surface area contributed by atoms with Crippen LogP contribution in [0, 0.1) is 0 Å². The zero-order valence-electron chi connectivity index (χ0n) is 8.93. The van der Waals surface area contributed by atoms with Gasteiger partial charge in [0.1, 0.15) is 0 Å². The summed E-state index contributed by atoms with van der Waals surface area (Å²) in [5, 5.41) is 0. The Morgan fingerprint density at radius 2 is 1.67 bits per heavy atom. The summed E-state index contributed by atoms with van der Waals surface area (Å²) in [4.78, 5) is 0. The SMILES string of the molecule is NC1CCN(S(=O)(=O)N2CCCCC2)C1. The van der Waals surface area contributed by atoms with Crippen LogP contribution in [0.15, 0.2) is 0 Å². The Bertz CT molecular complexity index is 301. The largest absolute Gasteiger partial charge is 0.326 e. The molecule has 6 heteroatoms. The second-order valence-corrected chi connectivity index (χ2v) is 6.30. The summed E-state index contributed by atoms with van der Waals surface area (Å²) in [6, 6.07) is 0.0181. The minimum Gasteiger partial charge on any atom is -0.326 e. The van der Waals surface area contributed by atoms with Crippen LogP contribution in [-0.2, 0) is 10.2 Å². The Hall–Kier alpha value is -0.170. The van der Waals surface area contributed by atoms with Gasteiger partial charge in [0.25, 0.3) is 10.2 Å². The molecule has 1 unspecified atom stereocenters. The van der Waals surface area contributed by atoms with Crippen LogP contribution in [0.25, 0.3) is 0 Å². The molecule has 2 rings (SSSR count). The van der Waals surface area contributed by atoms with Crippen LogP contribution in [0.4, 0.5) is 0 Å². The number of piperidine rings is 1. The Morgan fingerprint density at radius 1 is 1.00 bits per heavy atom. The minimum absolute atomic E-state index is 0.0181. The Balaban J connectivity index is 2.05. The molecule has 2 N–H and O–H groups in total. The van der Waals surface area contributed by atoms with E-state index in [1.165, 1.54) is 4.31 Å². The molecule has 2 fully saturated rings. The van der Waals surface area contributed by atoms with Crippen LogP contribution in [0.3, 0.4) is 0 Å². The summed E-state index contributed by atoms with van der Waals surface area (Å²) in [7, 11) is -3.21. The van der Waals surface area contributed by atoms with Gasteiger partial charge in [0.15, 0.2) is 0 Å². The van der Waals surface area contributed by atoms with Gasteiger partial charge < -0.3 is 5.73 Å². The van der Waals surface area contributed by atoms with E-state index in [4.69, 9.17) is 5.73 Å². The molecule has 15 heavy (non-hydrogen) atoms. The van der Waals surface area contributed by atoms with Crippen LogP contribution in [0.5, 0.6) is 0 Å². The van der Waals surface area contributed by atoms with Crippen LogP contribution >= 0.6 is 0 Å². The van der Waals surface area contributed by atoms with E-state index in [9.17, 15) is 8.42 Å². The van der Waals surface area contributed by atoms with Crippen molar-refractivity contribution in [2.75, 3.05) is 26.2 Å². The molecule has 1 atom stereocenters. The molecule has 2 aliphatic heterocycles. The zero-order valence-corrected chi connectivity index (χ0v) is 9.75. The zero-order chi connectivity index (χ0) is 10.9. The summed E-state index contributed by atoms with van der Waals surface area (Å²) < 4.78 is 27.4. The summed E-state index contributed by atoms with van der Waals surface area (Å²) >= 11 is 0. The Morgan fingerprint density at radius 3 is 2.20 bits per heavy atom. The average Bonchev–Trinajstić information content (AvgIpc) is 2.67. The van der Waals surface area contributed by atoms with Crippen molar-refractivity contribution in [1.29, 1.82) is 0 Å². The van der Waals surface area contributed by atoms with Crippen molar-refractivity contribution in [1.82, 2.24) is 8.61 Å². The molecular formula is C9H19N3O2S. The molecule has 2 saturated heterocycles. The lowest BCUT2D eigenvalue weighted by atomic mass is 10.2. The van der Waals surface area contributed by atoms with Gasteiger partial charge in [0, 0.05) is 32.2 Å². The van der Waals surface area contributed by atoms with Crippen LogP contribution in [-0.4, -0.2) is 49.2 Å². The molecule has 2 aliphatic rings. The van der Waals surface area contributed by atoms with Crippen molar-refractivity contribution in [3.05, 3.63) is 0 Å². The monoisotopic (exact) mass is 233 g/mol. The quantitative estimate of drug-likeness (QED) is 0.715. The Labute approximate surface area is 91.4 Å². The molecular weight excluding hydrogens is 214 g/mol. The number of rotatable bonds is 2. The fourth-order valence-corrected chi connectivity index (χ4v) is 3.98. The van der Waals surface area contributed by atoms with Gasteiger partial charge in [-0.15, -0.1) is 0 Å². The van der Waals surface area contributed by atoms with Gasteiger partial charge in [0.2, 0.25) is 0 Å². The fraction of sp³-hybridized carbons (Fsp3) is 1.00. The van der Waals surface area contributed by atoms with Gasteiger partial charge in [-0.1, -0.05) is 6.42 Å². The Kier molecular flexibility index (Phi) is 3.30. The number of hydrogen-bond acceptors (Lipinski definition) is 3. The highest BCUT2D eigenvalue weighted by molar-refractivity contribution is 7.86. The predicted octanol–water partition coefficient (Wildman–Crippen LogP) is -0.250. The maximum atomic E-state index is 12.1. The topological polar surface area (TPSA) is 66.6 Å². The fourth-order valence-electron chi connectivity index (χ4n) is 2.22. The molecule has 5 nitrogen and oxygen atoms in total. The molecule has 0 aromatic carbocycles. The molecule has 0 aromatic heterocycles. The van der Waals surface area contributed by atoms with Crippen LogP contribution < -0.4 is 5.73 Å². The van der Waals surface area contributed by atoms with E-state index in [1.807, 2.05) is 0 Å². The minimum atomic E-state index is -3.21. The van der Waals surface area contributed by atoms with E-state index in [0.29, 0.717) is 26.2 Å². The number of nitrogens with two attached hydrogens (primary N) is 1. The van der Waals surface area contributed by atoms with E-state index < -0.39 is 10.2 Å². The number of nitrogens with zero attached hydrogens (tertiary/aromatic N) is 2. The van der Waals surface area contributed by atoms with Crippen molar-refractivity contribution in [3.63, 3.8) is 0 Å². The van der Waals surface area contributed by atoms with Gasteiger partial charge in [-0.3, -0.25) is 0 Å². The third kappa shape index (κ3) is 2.33. The lowest BCUT2D eigenvalue weighted by Gasteiger charge is -2.29. The van der Waals surface area contributed by atoms with Gasteiger partial charge >= 0.3 is 0 Å². The first kappa shape index (κ1) is 11.3. The lowest BCUT2D eigenvalue weighted by Crippen LogP contribution is -2.45. The van der Waals surface area contributed by atoms with Gasteiger partial charge in [-0.2, -0.15) is 17.0 Å². The summed E-state index contributed by atoms with van der Waals surface area (Å²) in [6.07, 6.45) is 3.90. The van der Waals surface area contributed by atoms with Crippen molar-refractivity contribution >= 4 is 10.2 Å². The predicted molar refractivity (Wildman–Crippen MR) is 58.5 cm³/mol. The van der Waals surface area contributed by atoms with Crippen molar-refractivity contribution in [2.24, 2.45) is 5.73 Å². The molecule has 0 aliphatic carbocycles. The number of hydrogen-bond donors (Lipinski definition) is 1. The van der Waals surface area contributed by atoms with Crippen LogP contribution in [0.1, 0.15) is 25.7 Å². The lowest BCUT2D eigenvalue weighted by molar-refractivity contribution is 0.315. The van der Waals surface area contributed by atoms with Crippen LogP contribution in [0.2, 0.25) is 0 Å². The smallest absolute Gasteiger partial charge is 0.282 e. The summed E-state index contributed by atoms with van der Waals surface area (Å²) in [5.74, 6) is 0. The maximum absolute atomic E-state index is 12.1. The first-order valence-electron chi connectivity index (χ1n) is 5.61. The van der Waals surface area contributed by atoms with Crippen molar-refractivity contribution < 1.29 is 8.42 Å². The highest BCUT2D eigenvalue weighted by atomic mass is 32.2. The van der Waals surface area contributed by atoms with E-state index in [1.54, 1.807) is 4.31 Å². The van der Waals surface area contributed by atoms with Gasteiger partial charge in [0.05, 0.1) is 0 Å².